The summed E-state index contributed by atoms with van der Waals surface area (Å²) in [6, 6.07) is 8.36. The highest BCUT2D eigenvalue weighted by atomic mass is 35.5. The summed E-state index contributed by atoms with van der Waals surface area (Å²) in [6.45, 7) is 6.68. The van der Waals surface area contributed by atoms with Crippen molar-refractivity contribution >= 4 is 18.3 Å². The Balaban J connectivity index is 0.00000200. The van der Waals surface area contributed by atoms with E-state index in [0.29, 0.717) is 6.54 Å². The third kappa shape index (κ3) is 3.97. The Hall–Kier alpha value is -1.06. The normalized spacial score (nSPS) is 21.9. The number of carbonyl (C=O) groups is 1. The van der Waals surface area contributed by atoms with Crippen molar-refractivity contribution in [3.8, 4) is 0 Å². The number of carbonyl (C=O) groups excluding carboxylic acids is 1. The van der Waals surface area contributed by atoms with E-state index >= 15 is 0 Å². The molecule has 112 valence electrons. The molecule has 1 aliphatic rings. The van der Waals surface area contributed by atoms with Gasteiger partial charge in [0.1, 0.15) is 0 Å². The zero-order chi connectivity index (χ0) is 13.9. The number of rotatable bonds is 3. The Morgan fingerprint density at radius 1 is 1.45 bits per heavy atom. The first-order valence-corrected chi connectivity index (χ1v) is 7.03. The maximum Gasteiger partial charge on any atom is 0.229 e. The molecule has 4 heteroatoms. The average Bonchev–Trinajstić information content (AvgIpc) is 2.38. The molecule has 1 fully saturated rings. The monoisotopic (exact) mass is 296 g/mol. The van der Waals surface area contributed by atoms with Crippen LogP contribution in [0.1, 0.15) is 30.9 Å². The highest BCUT2D eigenvalue weighted by Gasteiger charge is 2.36. The van der Waals surface area contributed by atoms with Gasteiger partial charge in [0.2, 0.25) is 5.91 Å². The van der Waals surface area contributed by atoms with E-state index in [1.807, 2.05) is 18.0 Å². The first-order chi connectivity index (χ1) is 9.01. The zero-order valence-electron chi connectivity index (χ0n) is 12.6. The molecule has 1 heterocycles. The number of piperidine rings is 1. The maximum absolute atomic E-state index is 12.6. The molecule has 1 aliphatic heterocycles. The molecule has 1 aromatic carbocycles. The molecule has 1 amide bonds. The Kier molecular flexibility index (Phi) is 6.03. The van der Waals surface area contributed by atoms with Gasteiger partial charge in [-0.1, -0.05) is 29.8 Å². The van der Waals surface area contributed by atoms with Crippen molar-refractivity contribution in [3.05, 3.63) is 35.4 Å². The Labute approximate surface area is 128 Å². The molecule has 0 spiro atoms. The lowest BCUT2D eigenvalue weighted by molar-refractivity contribution is -0.141. The van der Waals surface area contributed by atoms with E-state index in [2.05, 4.69) is 37.4 Å². The molecule has 20 heavy (non-hydrogen) atoms. The van der Waals surface area contributed by atoms with Crippen molar-refractivity contribution in [2.75, 3.05) is 20.1 Å². The van der Waals surface area contributed by atoms with Crippen LogP contribution in [0.25, 0.3) is 0 Å². The number of hydrogen-bond donors (Lipinski definition) is 1. The quantitative estimate of drug-likeness (QED) is 0.930. The van der Waals surface area contributed by atoms with E-state index in [-0.39, 0.29) is 23.7 Å². The summed E-state index contributed by atoms with van der Waals surface area (Å²) in [6.07, 6.45) is 2.07. The van der Waals surface area contributed by atoms with Gasteiger partial charge in [0.25, 0.3) is 0 Å². The Morgan fingerprint density at radius 2 is 2.20 bits per heavy atom. The molecular formula is C16H25ClN2O. The molecular weight excluding hydrogens is 272 g/mol. The van der Waals surface area contributed by atoms with Gasteiger partial charge in [-0.3, -0.25) is 4.79 Å². The van der Waals surface area contributed by atoms with Gasteiger partial charge in [-0.05, 0) is 38.8 Å². The highest BCUT2D eigenvalue weighted by molar-refractivity contribution is 5.85. The molecule has 1 aromatic rings. The number of hydrogen-bond acceptors (Lipinski definition) is 2. The van der Waals surface area contributed by atoms with Gasteiger partial charge in [-0.15, -0.1) is 12.4 Å². The van der Waals surface area contributed by atoms with Crippen LogP contribution in [0.3, 0.4) is 0 Å². The minimum Gasteiger partial charge on any atom is -0.341 e. The summed E-state index contributed by atoms with van der Waals surface area (Å²) < 4.78 is 0. The minimum atomic E-state index is -0.239. The summed E-state index contributed by atoms with van der Waals surface area (Å²) in [4.78, 5) is 14.5. The van der Waals surface area contributed by atoms with E-state index in [1.165, 1.54) is 11.1 Å². The van der Waals surface area contributed by atoms with Crippen molar-refractivity contribution in [3.63, 3.8) is 0 Å². The van der Waals surface area contributed by atoms with Crippen LogP contribution in [0.5, 0.6) is 0 Å². The fraction of sp³-hybridized carbons (Fsp3) is 0.562. The van der Waals surface area contributed by atoms with Crippen LogP contribution in [-0.2, 0) is 11.3 Å². The molecule has 3 nitrogen and oxygen atoms in total. The summed E-state index contributed by atoms with van der Waals surface area (Å²) in [7, 11) is 1.91. The molecule has 1 N–H and O–H groups in total. The summed E-state index contributed by atoms with van der Waals surface area (Å²) in [5, 5.41) is 3.34. The first-order valence-electron chi connectivity index (χ1n) is 7.03. The van der Waals surface area contributed by atoms with Gasteiger partial charge in [0.15, 0.2) is 0 Å². The molecule has 0 bridgehead atoms. The van der Waals surface area contributed by atoms with E-state index in [1.54, 1.807) is 0 Å². The molecule has 1 unspecified atom stereocenters. The van der Waals surface area contributed by atoms with Crippen molar-refractivity contribution < 1.29 is 4.79 Å². The Bertz CT molecular complexity index is 456. The van der Waals surface area contributed by atoms with Crippen molar-refractivity contribution in [1.82, 2.24) is 10.2 Å². The van der Waals surface area contributed by atoms with Crippen molar-refractivity contribution in [2.45, 2.75) is 33.2 Å². The predicted octanol–water partition coefficient (Wildman–Crippen LogP) is 2.76. The van der Waals surface area contributed by atoms with Crippen molar-refractivity contribution in [2.24, 2.45) is 5.41 Å². The van der Waals surface area contributed by atoms with E-state index in [9.17, 15) is 4.79 Å². The standard InChI is InChI=1S/C16H24N2O.ClH/c1-13-6-4-7-14(10-13)11-18(3)15(19)16(2)8-5-9-17-12-16;/h4,6-7,10,17H,5,8-9,11-12H2,1-3H3;1H. The number of aryl methyl sites for hydroxylation is 1. The van der Waals surface area contributed by atoms with Gasteiger partial charge in [-0.25, -0.2) is 0 Å². The second-order valence-electron chi connectivity index (χ2n) is 5.99. The van der Waals surface area contributed by atoms with Crippen LogP contribution in [0.15, 0.2) is 24.3 Å². The van der Waals surface area contributed by atoms with Crippen LogP contribution in [0, 0.1) is 12.3 Å². The number of halogens is 1. The first kappa shape index (κ1) is 17.0. The summed E-state index contributed by atoms with van der Waals surface area (Å²) in [5.74, 6) is 0.251. The van der Waals surface area contributed by atoms with Gasteiger partial charge in [0.05, 0.1) is 5.41 Å². The second kappa shape index (κ2) is 7.09. The lowest BCUT2D eigenvalue weighted by Gasteiger charge is -2.36. The van der Waals surface area contributed by atoms with E-state index in [4.69, 9.17) is 0 Å². The van der Waals surface area contributed by atoms with Crippen LogP contribution >= 0.6 is 12.4 Å². The molecule has 0 saturated carbocycles. The molecule has 0 aliphatic carbocycles. The van der Waals surface area contributed by atoms with E-state index in [0.717, 1.165) is 25.9 Å². The maximum atomic E-state index is 12.6. The highest BCUT2D eigenvalue weighted by Crippen LogP contribution is 2.28. The third-order valence-electron chi connectivity index (χ3n) is 3.96. The number of nitrogens with one attached hydrogen (secondary N) is 1. The molecule has 1 saturated heterocycles. The fourth-order valence-electron chi connectivity index (χ4n) is 2.86. The number of nitrogens with zero attached hydrogens (tertiary/aromatic N) is 1. The van der Waals surface area contributed by atoms with Crippen LogP contribution < -0.4 is 5.32 Å². The third-order valence-corrected chi connectivity index (χ3v) is 3.96. The Morgan fingerprint density at radius 3 is 2.80 bits per heavy atom. The zero-order valence-corrected chi connectivity index (χ0v) is 13.4. The SMILES string of the molecule is Cc1cccc(CN(C)C(=O)C2(C)CCCNC2)c1.Cl. The molecule has 0 radical (unpaired) electrons. The van der Waals surface area contributed by atoms with Crippen molar-refractivity contribution in [1.29, 1.82) is 0 Å². The summed E-state index contributed by atoms with van der Waals surface area (Å²) >= 11 is 0. The molecule has 2 rings (SSSR count). The van der Waals surface area contributed by atoms with E-state index < -0.39 is 0 Å². The van der Waals surface area contributed by atoms with Gasteiger partial charge in [0, 0.05) is 20.1 Å². The van der Waals surface area contributed by atoms with Crippen LogP contribution in [0.4, 0.5) is 0 Å². The average molecular weight is 297 g/mol. The molecule has 1 atom stereocenters. The number of amides is 1. The largest absolute Gasteiger partial charge is 0.341 e. The predicted molar refractivity (Wildman–Crippen MR) is 85.1 cm³/mol. The van der Waals surface area contributed by atoms with Crippen LogP contribution in [-0.4, -0.2) is 30.9 Å². The fourth-order valence-corrected chi connectivity index (χ4v) is 2.86. The smallest absolute Gasteiger partial charge is 0.229 e. The lowest BCUT2D eigenvalue weighted by Crippen LogP contribution is -2.48. The minimum absolute atomic E-state index is 0. The van der Waals surface area contributed by atoms with Gasteiger partial charge >= 0.3 is 0 Å². The summed E-state index contributed by atoms with van der Waals surface area (Å²) in [5.41, 5.74) is 2.20. The topological polar surface area (TPSA) is 32.3 Å². The van der Waals surface area contributed by atoms with Gasteiger partial charge < -0.3 is 10.2 Å². The van der Waals surface area contributed by atoms with Crippen LogP contribution in [0.2, 0.25) is 0 Å². The molecule has 0 aromatic heterocycles. The number of benzene rings is 1. The van der Waals surface area contributed by atoms with Gasteiger partial charge in [-0.2, -0.15) is 0 Å². The second-order valence-corrected chi connectivity index (χ2v) is 5.99. The lowest BCUT2D eigenvalue weighted by atomic mass is 9.81.